The maximum absolute atomic E-state index is 13.1. The number of urea groups is 1. The van der Waals surface area contributed by atoms with E-state index < -0.39 is 0 Å². The van der Waals surface area contributed by atoms with Crippen molar-refractivity contribution in [2.24, 2.45) is 5.92 Å². The smallest absolute Gasteiger partial charge is 0.317 e. The van der Waals surface area contributed by atoms with E-state index in [1.165, 1.54) is 19.3 Å². The molecule has 148 valence electrons. The molecule has 28 heavy (non-hydrogen) atoms. The van der Waals surface area contributed by atoms with Gasteiger partial charge in [-0.3, -0.25) is 4.79 Å². The molecule has 2 bridgehead atoms. The fourth-order valence-corrected chi connectivity index (χ4v) is 5.99. The van der Waals surface area contributed by atoms with E-state index in [2.05, 4.69) is 11.4 Å². The van der Waals surface area contributed by atoms with Crippen LogP contribution < -0.4 is 10.9 Å². The number of likely N-dealkylation sites (tertiary alicyclic amines) is 1. The quantitative estimate of drug-likeness (QED) is 0.832. The van der Waals surface area contributed by atoms with E-state index in [1.54, 1.807) is 11.3 Å². The van der Waals surface area contributed by atoms with Gasteiger partial charge in [-0.05, 0) is 48.8 Å². The number of aromatic nitrogens is 1. The van der Waals surface area contributed by atoms with Crippen LogP contribution in [0.2, 0.25) is 0 Å². The molecule has 5 rings (SSSR count). The van der Waals surface area contributed by atoms with Gasteiger partial charge in [0.05, 0.1) is 5.56 Å². The van der Waals surface area contributed by atoms with Crippen LogP contribution in [0.25, 0.3) is 10.4 Å². The van der Waals surface area contributed by atoms with Crippen LogP contribution in [-0.2, 0) is 6.54 Å². The summed E-state index contributed by atoms with van der Waals surface area (Å²) in [5, 5.41) is 5.27. The van der Waals surface area contributed by atoms with Crippen LogP contribution in [-0.4, -0.2) is 34.6 Å². The molecule has 1 saturated heterocycles. The second-order valence-corrected chi connectivity index (χ2v) is 9.50. The maximum Gasteiger partial charge on any atom is 0.317 e. The van der Waals surface area contributed by atoms with Crippen LogP contribution in [0.1, 0.15) is 50.1 Å². The summed E-state index contributed by atoms with van der Waals surface area (Å²) in [4.78, 5) is 29.0. The van der Waals surface area contributed by atoms with Gasteiger partial charge < -0.3 is 14.8 Å². The van der Waals surface area contributed by atoms with Gasteiger partial charge in [-0.15, -0.1) is 11.3 Å². The monoisotopic (exact) mass is 397 g/mol. The van der Waals surface area contributed by atoms with Gasteiger partial charge in [-0.1, -0.05) is 25.3 Å². The molecule has 2 amide bonds. The molecule has 3 aliphatic rings. The topological polar surface area (TPSA) is 54.3 Å². The van der Waals surface area contributed by atoms with Crippen molar-refractivity contribution in [3.05, 3.63) is 45.7 Å². The molecule has 1 aliphatic carbocycles. The van der Waals surface area contributed by atoms with Crippen LogP contribution in [0, 0.1) is 5.92 Å². The lowest BCUT2D eigenvalue weighted by Crippen LogP contribution is -2.53. The summed E-state index contributed by atoms with van der Waals surface area (Å²) in [5.41, 5.74) is 2.01. The Labute approximate surface area is 169 Å². The number of nitrogens with one attached hydrogen (secondary N) is 1. The minimum Gasteiger partial charge on any atom is -0.335 e. The number of hydrogen-bond donors (Lipinski definition) is 1. The van der Waals surface area contributed by atoms with Crippen LogP contribution >= 0.6 is 11.3 Å². The summed E-state index contributed by atoms with van der Waals surface area (Å²) < 4.78 is 1.98. The molecule has 2 fully saturated rings. The molecule has 2 aromatic rings. The SMILES string of the molecule is O=C(NC1CCCCC1)N1C[C@@H]2C[C@H](C1)c1ccc(-c3cccs3)c(=O)n1C2. The first-order valence-corrected chi connectivity index (χ1v) is 11.4. The average molecular weight is 398 g/mol. The molecule has 1 N–H and O–H groups in total. The van der Waals surface area contributed by atoms with Gasteiger partial charge in [0.25, 0.3) is 5.56 Å². The maximum atomic E-state index is 13.1. The number of nitrogens with zero attached hydrogens (tertiary/aromatic N) is 2. The fraction of sp³-hybridized carbons (Fsp3) is 0.545. The summed E-state index contributed by atoms with van der Waals surface area (Å²) in [6.07, 6.45) is 7.02. The average Bonchev–Trinajstić information content (AvgIpc) is 3.24. The number of fused-ring (bicyclic) bond motifs is 4. The number of pyridine rings is 1. The van der Waals surface area contributed by atoms with Crippen LogP contribution in [0.5, 0.6) is 0 Å². The van der Waals surface area contributed by atoms with Crippen molar-refractivity contribution >= 4 is 17.4 Å². The fourth-order valence-electron chi connectivity index (χ4n) is 5.24. The molecule has 0 spiro atoms. The Kier molecular flexibility index (Phi) is 4.75. The van der Waals surface area contributed by atoms with Gasteiger partial charge in [-0.2, -0.15) is 0 Å². The predicted octanol–water partition coefficient (Wildman–Crippen LogP) is 4.04. The van der Waals surface area contributed by atoms with Gasteiger partial charge in [0.15, 0.2) is 0 Å². The van der Waals surface area contributed by atoms with E-state index in [-0.39, 0.29) is 17.5 Å². The highest BCUT2D eigenvalue weighted by Gasteiger charge is 2.37. The van der Waals surface area contributed by atoms with Crippen LogP contribution in [0.3, 0.4) is 0 Å². The lowest BCUT2D eigenvalue weighted by atomic mass is 9.83. The second-order valence-electron chi connectivity index (χ2n) is 8.55. The minimum absolute atomic E-state index is 0.0904. The molecular weight excluding hydrogens is 370 g/mol. The van der Waals surface area contributed by atoms with E-state index in [4.69, 9.17) is 0 Å². The number of amides is 2. The van der Waals surface area contributed by atoms with E-state index in [9.17, 15) is 9.59 Å². The first-order chi connectivity index (χ1) is 13.7. The van der Waals surface area contributed by atoms with Crippen molar-refractivity contribution < 1.29 is 4.79 Å². The Balaban J connectivity index is 1.36. The summed E-state index contributed by atoms with van der Waals surface area (Å²) in [6.45, 7) is 2.19. The Bertz CT molecular complexity index is 914. The van der Waals surface area contributed by atoms with Gasteiger partial charge in [0.2, 0.25) is 0 Å². The molecular formula is C22H27N3O2S. The van der Waals surface area contributed by atoms with Crippen LogP contribution in [0.4, 0.5) is 4.79 Å². The minimum atomic E-state index is 0.0904. The zero-order valence-corrected chi connectivity index (χ0v) is 16.9. The summed E-state index contributed by atoms with van der Waals surface area (Å²) in [5.74, 6) is 0.620. The largest absolute Gasteiger partial charge is 0.335 e. The van der Waals surface area contributed by atoms with E-state index >= 15 is 0 Å². The first kappa shape index (κ1) is 18.0. The van der Waals surface area contributed by atoms with Crippen molar-refractivity contribution in [2.45, 2.75) is 57.0 Å². The van der Waals surface area contributed by atoms with Gasteiger partial charge in [0.1, 0.15) is 0 Å². The molecule has 1 saturated carbocycles. The Morgan fingerprint density at radius 1 is 1.07 bits per heavy atom. The molecule has 0 unspecified atom stereocenters. The molecule has 5 nitrogen and oxygen atoms in total. The standard InChI is InChI=1S/C22H27N3O2S/c26-21-18(20-7-4-10-28-20)8-9-19-16-11-15(13-25(19)21)12-24(14-16)22(27)23-17-5-2-1-3-6-17/h4,7-10,15-17H,1-3,5-6,11-14H2,(H,23,27)/t15-,16+/m0/s1. The zero-order valence-electron chi connectivity index (χ0n) is 16.1. The number of carbonyl (C=O) groups is 1. The first-order valence-electron chi connectivity index (χ1n) is 10.5. The Morgan fingerprint density at radius 3 is 2.71 bits per heavy atom. The Morgan fingerprint density at radius 2 is 1.93 bits per heavy atom. The van der Waals surface area contributed by atoms with Crippen molar-refractivity contribution in [3.63, 3.8) is 0 Å². The summed E-state index contributed by atoms with van der Waals surface area (Å²) in [7, 11) is 0. The third-order valence-electron chi connectivity index (χ3n) is 6.61. The van der Waals surface area contributed by atoms with E-state index in [0.717, 1.165) is 48.5 Å². The highest BCUT2D eigenvalue weighted by molar-refractivity contribution is 7.13. The number of piperidine rings is 1. The third kappa shape index (κ3) is 3.28. The van der Waals surface area contributed by atoms with E-state index in [1.807, 2.05) is 33.0 Å². The summed E-state index contributed by atoms with van der Waals surface area (Å²) in [6, 6.07) is 8.51. The van der Waals surface area contributed by atoms with Gasteiger partial charge in [-0.25, -0.2) is 4.79 Å². The normalized spacial score (nSPS) is 24.6. The molecule has 2 atom stereocenters. The van der Waals surface area contributed by atoms with Crippen molar-refractivity contribution in [2.75, 3.05) is 13.1 Å². The second kappa shape index (κ2) is 7.39. The molecule has 2 aliphatic heterocycles. The van der Waals surface area contributed by atoms with Gasteiger partial charge in [0, 0.05) is 42.2 Å². The zero-order chi connectivity index (χ0) is 19.1. The predicted molar refractivity (Wildman–Crippen MR) is 112 cm³/mol. The van der Waals surface area contributed by atoms with Crippen molar-refractivity contribution in [3.8, 4) is 10.4 Å². The molecule has 6 heteroatoms. The number of carbonyl (C=O) groups excluding carboxylic acids is 1. The third-order valence-corrected chi connectivity index (χ3v) is 7.51. The molecule has 2 aromatic heterocycles. The molecule has 4 heterocycles. The highest BCUT2D eigenvalue weighted by atomic mass is 32.1. The molecule has 0 radical (unpaired) electrons. The van der Waals surface area contributed by atoms with Crippen molar-refractivity contribution in [1.29, 1.82) is 0 Å². The number of rotatable bonds is 2. The number of hydrogen-bond acceptors (Lipinski definition) is 3. The lowest BCUT2D eigenvalue weighted by molar-refractivity contribution is 0.127. The van der Waals surface area contributed by atoms with Crippen LogP contribution in [0.15, 0.2) is 34.4 Å². The lowest BCUT2D eigenvalue weighted by Gasteiger charge is -2.43. The molecule has 0 aromatic carbocycles. The summed E-state index contributed by atoms with van der Waals surface area (Å²) >= 11 is 1.61. The van der Waals surface area contributed by atoms with Crippen molar-refractivity contribution in [1.82, 2.24) is 14.8 Å². The van der Waals surface area contributed by atoms with E-state index in [0.29, 0.717) is 18.5 Å². The highest BCUT2D eigenvalue weighted by Crippen LogP contribution is 2.36. The number of thiophene rings is 1. The van der Waals surface area contributed by atoms with Gasteiger partial charge >= 0.3 is 6.03 Å². The Hall–Kier alpha value is -2.08.